The largest absolute Gasteiger partial charge is 0.346 e. The molecule has 7 heteroatoms. The minimum Gasteiger partial charge on any atom is -0.346 e. The monoisotopic (exact) mass is 258 g/mol. The fraction of sp³-hybridized carbons (Fsp3) is 0.333. The summed E-state index contributed by atoms with van der Waals surface area (Å²) < 4.78 is 19.7. The zero-order chi connectivity index (χ0) is 11.8. The third-order valence-electron chi connectivity index (χ3n) is 2.14. The van der Waals surface area contributed by atoms with Crippen molar-refractivity contribution in [2.45, 2.75) is 18.5 Å². The van der Waals surface area contributed by atoms with E-state index in [1.807, 2.05) is 6.92 Å². The Balaban J connectivity index is 2.62. The van der Waals surface area contributed by atoms with E-state index in [2.05, 4.69) is 15.0 Å². The maximum atomic E-state index is 12.0. The van der Waals surface area contributed by atoms with E-state index >= 15 is 0 Å². The van der Waals surface area contributed by atoms with Crippen molar-refractivity contribution in [2.75, 3.05) is 5.75 Å². The SMILES string of the molecule is CCCS(=N)(=O)c1nc(Cl)c2cc[nH]c2n1. The van der Waals surface area contributed by atoms with Crippen molar-refractivity contribution in [3.63, 3.8) is 0 Å². The molecule has 0 aliphatic carbocycles. The van der Waals surface area contributed by atoms with E-state index in [9.17, 15) is 4.21 Å². The van der Waals surface area contributed by atoms with Crippen LogP contribution in [-0.4, -0.2) is 24.9 Å². The molecular formula is C9H11ClN4OS. The van der Waals surface area contributed by atoms with Gasteiger partial charge < -0.3 is 4.98 Å². The van der Waals surface area contributed by atoms with Crippen LogP contribution in [0.2, 0.25) is 5.15 Å². The molecule has 5 nitrogen and oxygen atoms in total. The van der Waals surface area contributed by atoms with Crippen LogP contribution in [0.1, 0.15) is 13.3 Å². The number of fused-ring (bicyclic) bond motifs is 1. The lowest BCUT2D eigenvalue weighted by Crippen LogP contribution is -2.09. The Hall–Kier alpha value is -1.14. The highest BCUT2D eigenvalue weighted by Crippen LogP contribution is 2.21. The molecule has 0 bridgehead atoms. The van der Waals surface area contributed by atoms with E-state index < -0.39 is 9.73 Å². The Morgan fingerprint density at radius 1 is 1.56 bits per heavy atom. The number of aromatic amines is 1. The molecule has 2 N–H and O–H groups in total. The van der Waals surface area contributed by atoms with Crippen LogP contribution in [0.15, 0.2) is 17.4 Å². The highest BCUT2D eigenvalue weighted by molar-refractivity contribution is 7.92. The fourth-order valence-electron chi connectivity index (χ4n) is 1.41. The highest BCUT2D eigenvalue weighted by Gasteiger charge is 2.16. The van der Waals surface area contributed by atoms with Crippen LogP contribution in [-0.2, 0) is 9.73 Å². The smallest absolute Gasteiger partial charge is 0.230 e. The molecular weight excluding hydrogens is 248 g/mol. The quantitative estimate of drug-likeness (QED) is 0.655. The van der Waals surface area contributed by atoms with Crippen LogP contribution in [0.4, 0.5) is 0 Å². The molecule has 1 unspecified atom stereocenters. The average molecular weight is 259 g/mol. The molecule has 0 spiro atoms. The van der Waals surface area contributed by atoms with Gasteiger partial charge in [0.2, 0.25) is 5.16 Å². The number of rotatable bonds is 3. The lowest BCUT2D eigenvalue weighted by Gasteiger charge is -2.04. The van der Waals surface area contributed by atoms with E-state index in [1.54, 1.807) is 12.3 Å². The lowest BCUT2D eigenvalue weighted by atomic mass is 10.4. The third-order valence-corrected chi connectivity index (χ3v) is 4.18. The van der Waals surface area contributed by atoms with E-state index in [-0.39, 0.29) is 16.1 Å². The van der Waals surface area contributed by atoms with Gasteiger partial charge in [-0.05, 0) is 12.5 Å². The number of aromatic nitrogens is 3. The summed E-state index contributed by atoms with van der Waals surface area (Å²) in [5.41, 5.74) is 0.520. The third kappa shape index (κ3) is 1.90. The summed E-state index contributed by atoms with van der Waals surface area (Å²) in [5.74, 6) is 0.246. The van der Waals surface area contributed by atoms with Gasteiger partial charge in [0.05, 0.1) is 5.39 Å². The highest BCUT2D eigenvalue weighted by atomic mass is 35.5. The van der Waals surface area contributed by atoms with Gasteiger partial charge in [0.25, 0.3) is 0 Å². The van der Waals surface area contributed by atoms with Gasteiger partial charge >= 0.3 is 0 Å². The van der Waals surface area contributed by atoms with Crippen LogP contribution in [0.25, 0.3) is 11.0 Å². The van der Waals surface area contributed by atoms with E-state index in [0.29, 0.717) is 17.5 Å². The average Bonchev–Trinajstić information content (AvgIpc) is 2.65. The fourth-order valence-corrected chi connectivity index (χ4v) is 2.93. The van der Waals surface area contributed by atoms with Gasteiger partial charge in [0.1, 0.15) is 20.5 Å². The maximum Gasteiger partial charge on any atom is 0.230 e. The molecule has 2 rings (SSSR count). The summed E-state index contributed by atoms with van der Waals surface area (Å²) in [6.45, 7) is 1.86. The zero-order valence-corrected chi connectivity index (χ0v) is 10.2. The van der Waals surface area contributed by atoms with E-state index in [1.165, 1.54) is 0 Å². The molecule has 0 amide bonds. The summed E-state index contributed by atoms with van der Waals surface area (Å²) in [6.07, 6.45) is 2.33. The number of nitrogens with zero attached hydrogens (tertiary/aromatic N) is 2. The molecule has 0 saturated carbocycles. The van der Waals surface area contributed by atoms with Gasteiger partial charge in [-0.2, -0.15) is 0 Å². The Labute approximate surface area is 98.2 Å². The molecule has 0 saturated heterocycles. The first-order valence-corrected chi connectivity index (χ1v) is 6.92. The lowest BCUT2D eigenvalue weighted by molar-refractivity contribution is 0.665. The van der Waals surface area contributed by atoms with Crippen molar-refractivity contribution in [1.82, 2.24) is 15.0 Å². The number of halogens is 1. The molecule has 1 atom stereocenters. The Kier molecular flexibility index (Phi) is 2.86. The second-order valence-corrected chi connectivity index (χ2v) is 5.90. The van der Waals surface area contributed by atoms with Crippen molar-refractivity contribution < 1.29 is 4.21 Å². The second kappa shape index (κ2) is 4.03. The Bertz CT molecular complexity index is 619. The number of hydrogen-bond donors (Lipinski definition) is 2. The van der Waals surface area contributed by atoms with Crippen LogP contribution in [0.5, 0.6) is 0 Å². The summed E-state index contributed by atoms with van der Waals surface area (Å²) in [4.78, 5) is 10.9. The van der Waals surface area contributed by atoms with Gasteiger partial charge in [-0.1, -0.05) is 18.5 Å². The minimum absolute atomic E-state index is 0.00861. The topological polar surface area (TPSA) is 82.5 Å². The van der Waals surface area contributed by atoms with Gasteiger partial charge in [-0.3, -0.25) is 0 Å². The van der Waals surface area contributed by atoms with Crippen molar-refractivity contribution in [3.8, 4) is 0 Å². The summed E-state index contributed by atoms with van der Waals surface area (Å²) >= 11 is 5.93. The Morgan fingerprint density at radius 2 is 2.31 bits per heavy atom. The van der Waals surface area contributed by atoms with Gasteiger partial charge in [-0.15, -0.1) is 0 Å². The molecule has 2 aromatic heterocycles. The molecule has 0 aromatic carbocycles. The maximum absolute atomic E-state index is 12.0. The summed E-state index contributed by atoms with van der Waals surface area (Å²) in [5, 5.41) is 0.920. The van der Waals surface area contributed by atoms with Crippen molar-refractivity contribution in [1.29, 1.82) is 4.78 Å². The molecule has 2 heterocycles. The van der Waals surface area contributed by atoms with E-state index in [4.69, 9.17) is 16.4 Å². The molecule has 16 heavy (non-hydrogen) atoms. The normalized spacial score (nSPS) is 15.1. The predicted octanol–water partition coefficient (Wildman–Crippen LogP) is 2.43. The molecule has 86 valence electrons. The first-order chi connectivity index (χ1) is 7.54. The molecule has 0 fully saturated rings. The number of H-pyrrole nitrogens is 1. The first kappa shape index (κ1) is 11.3. The van der Waals surface area contributed by atoms with Crippen LogP contribution in [0.3, 0.4) is 0 Å². The van der Waals surface area contributed by atoms with Crippen LogP contribution < -0.4 is 0 Å². The predicted molar refractivity (Wildman–Crippen MR) is 63.2 cm³/mol. The molecule has 2 aromatic rings. The standard InChI is InChI=1S/C9H11ClN4OS/c1-2-5-16(11,15)9-13-7(10)6-3-4-12-8(6)14-9/h3-4,11H,2,5H2,1H3,(H,12,13,14). The summed E-state index contributed by atoms with van der Waals surface area (Å²) in [7, 11) is -2.93. The minimum atomic E-state index is -2.93. The van der Waals surface area contributed by atoms with Crippen molar-refractivity contribution in [3.05, 3.63) is 17.4 Å². The van der Waals surface area contributed by atoms with Gasteiger partial charge in [-0.25, -0.2) is 19.0 Å². The van der Waals surface area contributed by atoms with Crippen LogP contribution in [0, 0.1) is 4.78 Å². The Morgan fingerprint density at radius 3 is 3.00 bits per heavy atom. The van der Waals surface area contributed by atoms with Crippen molar-refractivity contribution in [2.24, 2.45) is 0 Å². The molecule has 0 aliphatic rings. The molecule has 0 aliphatic heterocycles. The molecule has 0 radical (unpaired) electrons. The first-order valence-electron chi connectivity index (χ1n) is 4.81. The number of nitrogens with one attached hydrogen (secondary N) is 2. The zero-order valence-electron chi connectivity index (χ0n) is 8.66. The summed E-state index contributed by atoms with van der Waals surface area (Å²) in [6, 6.07) is 1.74. The van der Waals surface area contributed by atoms with E-state index in [0.717, 1.165) is 0 Å². The second-order valence-electron chi connectivity index (χ2n) is 3.42. The van der Waals surface area contributed by atoms with Crippen molar-refractivity contribution >= 4 is 32.4 Å². The number of hydrogen-bond acceptors (Lipinski definition) is 4. The van der Waals surface area contributed by atoms with Gasteiger partial charge in [0.15, 0.2) is 0 Å². The van der Waals surface area contributed by atoms with Crippen LogP contribution >= 0.6 is 11.6 Å². The van der Waals surface area contributed by atoms with Gasteiger partial charge in [0, 0.05) is 11.9 Å².